The van der Waals surface area contributed by atoms with E-state index < -0.39 is 11.2 Å². The van der Waals surface area contributed by atoms with Gasteiger partial charge in [-0.05, 0) is 57.5 Å². The first-order valence-corrected chi connectivity index (χ1v) is 11.1. The summed E-state index contributed by atoms with van der Waals surface area (Å²) < 4.78 is 8.59. The summed E-state index contributed by atoms with van der Waals surface area (Å²) in [7, 11) is 7.17. The van der Waals surface area contributed by atoms with Crippen molar-refractivity contribution >= 4 is 12.4 Å². The zero-order valence-corrected chi connectivity index (χ0v) is 19.3. The fourth-order valence-electron chi connectivity index (χ4n) is 4.92. The van der Waals surface area contributed by atoms with Gasteiger partial charge in [0, 0.05) is 45.9 Å². The first-order valence-electron chi connectivity index (χ1n) is 11.1. The molecule has 1 N–H and O–H groups in total. The van der Waals surface area contributed by atoms with E-state index in [9.17, 15) is 14.4 Å². The lowest BCUT2D eigenvalue weighted by Crippen LogP contribution is -2.48. The van der Waals surface area contributed by atoms with Crippen LogP contribution in [0.5, 0.6) is 0 Å². The van der Waals surface area contributed by atoms with E-state index in [0.29, 0.717) is 31.0 Å². The summed E-state index contributed by atoms with van der Waals surface area (Å²) in [5, 5.41) is 6.89. The van der Waals surface area contributed by atoms with Crippen LogP contribution >= 0.6 is 0 Å². The highest BCUT2D eigenvalue weighted by Gasteiger charge is 2.45. The maximum atomic E-state index is 13.1. The van der Waals surface area contributed by atoms with Gasteiger partial charge in [0.2, 0.25) is 0 Å². The predicted molar refractivity (Wildman–Crippen MR) is 118 cm³/mol. The largest absolute Gasteiger partial charge is 0.483 e. The Morgan fingerprint density at radius 1 is 1.16 bits per heavy atom. The normalized spacial score (nSPS) is 27.0. The molecule has 2 aliphatic carbocycles. The standard InChI is InChI=1S/C21H32N4O4.CH2O2/c1-22(2)16-7-14-10-25(11-15(14)8-18(16)29-12-13-5-6-13)20(27)17-9-19(26)24(4)21(28)23(17)3;2-1-3/h9,13-16,18H,5-8,10-12H2,1-4H3;1H,(H,2,3)/t14-,15+,16-,18-;/m1./s1. The first-order chi connectivity index (χ1) is 15.2. The molecule has 0 aromatic carbocycles. The number of carbonyl (C=O) groups is 2. The van der Waals surface area contributed by atoms with Crippen molar-refractivity contribution in [2.45, 2.75) is 37.8 Å². The highest BCUT2D eigenvalue weighted by atomic mass is 16.5. The molecule has 3 aliphatic rings. The Morgan fingerprint density at radius 3 is 2.31 bits per heavy atom. The van der Waals surface area contributed by atoms with Gasteiger partial charge < -0.3 is 19.6 Å². The molecule has 1 amide bonds. The molecule has 2 saturated carbocycles. The summed E-state index contributed by atoms with van der Waals surface area (Å²) in [6.07, 6.45) is 4.73. The van der Waals surface area contributed by atoms with Crippen molar-refractivity contribution in [1.29, 1.82) is 0 Å². The topological polar surface area (TPSA) is 114 Å². The molecule has 10 heteroatoms. The number of hydrogen-bond acceptors (Lipinski definition) is 6. The van der Waals surface area contributed by atoms with Crippen molar-refractivity contribution in [3.63, 3.8) is 0 Å². The molecular formula is C22H34N4O6. The molecule has 2 heterocycles. The second kappa shape index (κ2) is 9.99. The second-order valence-corrected chi connectivity index (χ2v) is 9.42. The minimum absolute atomic E-state index is 0.169. The molecule has 1 aromatic rings. The summed E-state index contributed by atoms with van der Waals surface area (Å²) >= 11 is 0. The zero-order chi connectivity index (χ0) is 23.6. The van der Waals surface area contributed by atoms with Crippen LogP contribution in [0.4, 0.5) is 0 Å². The van der Waals surface area contributed by atoms with Crippen LogP contribution < -0.4 is 11.2 Å². The van der Waals surface area contributed by atoms with Gasteiger partial charge in [-0.1, -0.05) is 0 Å². The maximum Gasteiger partial charge on any atom is 0.331 e. The van der Waals surface area contributed by atoms with Crippen LogP contribution in [-0.4, -0.2) is 82.4 Å². The summed E-state index contributed by atoms with van der Waals surface area (Å²) in [4.78, 5) is 49.8. The molecule has 0 spiro atoms. The van der Waals surface area contributed by atoms with Crippen LogP contribution in [0.25, 0.3) is 0 Å². The summed E-state index contributed by atoms with van der Waals surface area (Å²) in [5.74, 6) is 1.34. The molecule has 3 fully saturated rings. The number of ether oxygens (including phenoxy) is 1. The Hall–Kier alpha value is -2.46. The van der Waals surface area contributed by atoms with Gasteiger partial charge in [-0.15, -0.1) is 0 Å². The third-order valence-corrected chi connectivity index (χ3v) is 7.02. The van der Waals surface area contributed by atoms with Crippen LogP contribution in [0.3, 0.4) is 0 Å². The van der Waals surface area contributed by atoms with E-state index in [1.54, 1.807) is 7.05 Å². The van der Waals surface area contributed by atoms with Crippen LogP contribution in [0.1, 0.15) is 36.2 Å². The number of carbonyl (C=O) groups excluding carboxylic acids is 1. The molecule has 178 valence electrons. The maximum absolute atomic E-state index is 13.1. The molecule has 0 radical (unpaired) electrons. The van der Waals surface area contributed by atoms with Gasteiger partial charge in [0.25, 0.3) is 17.9 Å². The number of fused-ring (bicyclic) bond motifs is 1. The number of aromatic nitrogens is 2. The van der Waals surface area contributed by atoms with Gasteiger partial charge in [-0.2, -0.15) is 0 Å². The van der Waals surface area contributed by atoms with E-state index in [1.165, 1.54) is 30.5 Å². The highest BCUT2D eigenvalue weighted by molar-refractivity contribution is 5.92. The van der Waals surface area contributed by atoms with Crippen LogP contribution in [0.2, 0.25) is 0 Å². The second-order valence-electron chi connectivity index (χ2n) is 9.42. The fraction of sp³-hybridized carbons (Fsp3) is 0.727. The third kappa shape index (κ3) is 5.12. The lowest BCUT2D eigenvalue weighted by molar-refractivity contribution is -0.122. The van der Waals surface area contributed by atoms with Crippen molar-refractivity contribution in [2.75, 3.05) is 33.8 Å². The summed E-state index contributed by atoms with van der Waals surface area (Å²) in [6, 6.07) is 1.63. The van der Waals surface area contributed by atoms with Gasteiger partial charge >= 0.3 is 5.69 Å². The van der Waals surface area contributed by atoms with Gasteiger partial charge in [0.15, 0.2) is 0 Å². The van der Waals surface area contributed by atoms with E-state index >= 15 is 0 Å². The van der Waals surface area contributed by atoms with Gasteiger partial charge in [-0.25, -0.2) is 4.79 Å². The lowest BCUT2D eigenvalue weighted by Gasteiger charge is -2.41. The SMILES string of the molecule is CN(C)[C@@H]1C[C@@H]2CN(C(=O)c3cc(=O)n(C)c(=O)n3C)C[C@@H]2C[C@H]1OCC1CC1.O=CO. The molecule has 4 atom stereocenters. The number of carboxylic acid groups (broad SMARTS) is 1. The quantitative estimate of drug-likeness (QED) is 0.628. The zero-order valence-electron chi connectivity index (χ0n) is 19.3. The van der Waals surface area contributed by atoms with Gasteiger partial charge in [0.05, 0.1) is 6.10 Å². The smallest absolute Gasteiger partial charge is 0.331 e. The van der Waals surface area contributed by atoms with Crippen molar-refractivity contribution in [2.24, 2.45) is 31.8 Å². The van der Waals surface area contributed by atoms with Gasteiger partial charge in [0.1, 0.15) is 5.69 Å². The molecule has 4 rings (SSSR count). The van der Waals surface area contributed by atoms with E-state index in [2.05, 4.69) is 19.0 Å². The number of nitrogens with zero attached hydrogens (tertiary/aromatic N) is 4. The van der Waals surface area contributed by atoms with Crippen molar-refractivity contribution in [3.8, 4) is 0 Å². The number of amides is 1. The Kier molecular flexibility index (Phi) is 7.55. The van der Waals surface area contributed by atoms with E-state index in [0.717, 1.165) is 29.9 Å². The molecule has 0 unspecified atom stereocenters. The van der Waals surface area contributed by atoms with Gasteiger partial charge in [-0.3, -0.25) is 23.5 Å². The average Bonchev–Trinajstić information content (AvgIpc) is 3.49. The molecule has 1 aromatic heterocycles. The van der Waals surface area contributed by atoms with Crippen LogP contribution in [-0.2, 0) is 23.6 Å². The lowest BCUT2D eigenvalue weighted by atomic mass is 9.77. The fourth-order valence-corrected chi connectivity index (χ4v) is 4.92. The molecule has 0 bridgehead atoms. The highest BCUT2D eigenvalue weighted by Crippen LogP contribution is 2.40. The monoisotopic (exact) mass is 450 g/mol. The molecule has 10 nitrogen and oxygen atoms in total. The molecule has 1 aliphatic heterocycles. The van der Waals surface area contributed by atoms with Crippen molar-refractivity contribution in [3.05, 3.63) is 32.6 Å². The van der Waals surface area contributed by atoms with E-state index in [-0.39, 0.29) is 24.2 Å². The molecular weight excluding hydrogens is 416 g/mol. The minimum atomic E-state index is -0.473. The van der Waals surface area contributed by atoms with Crippen LogP contribution in [0, 0.1) is 17.8 Å². The van der Waals surface area contributed by atoms with Crippen LogP contribution in [0.15, 0.2) is 15.7 Å². The first kappa shape index (κ1) is 24.2. The Balaban J connectivity index is 0.000000913. The van der Waals surface area contributed by atoms with E-state index in [1.807, 2.05) is 4.90 Å². The van der Waals surface area contributed by atoms with Crippen molar-refractivity contribution in [1.82, 2.24) is 18.9 Å². The minimum Gasteiger partial charge on any atom is -0.483 e. The Labute approximate surface area is 187 Å². The Bertz CT molecular complexity index is 951. The summed E-state index contributed by atoms with van der Waals surface area (Å²) in [6.45, 7) is 1.94. The molecule has 32 heavy (non-hydrogen) atoms. The van der Waals surface area contributed by atoms with E-state index in [4.69, 9.17) is 14.6 Å². The summed E-state index contributed by atoms with van der Waals surface area (Å²) in [5.41, 5.74) is -0.754. The third-order valence-electron chi connectivity index (χ3n) is 7.02. The number of rotatable bonds is 5. The molecule has 1 saturated heterocycles. The predicted octanol–water partition coefficient (Wildman–Crippen LogP) is -0.00780. The number of likely N-dealkylation sites (tertiary alicyclic amines) is 1. The van der Waals surface area contributed by atoms with Crippen molar-refractivity contribution < 1.29 is 19.4 Å². The average molecular weight is 451 g/mol. The Morgan fingerprint density at radius 2 is 1.75 bits per heavy atom. The number of hydrogen-bond donors (Lipinski definition) is 1. The number of likely N-dealkylation sites (N-methyl/N-ethyl adjacent to an activating group) is 1.